The lowest BCUT2D eigenvalue weighted by Gasteiger charge is -2.11. The Bertz CT molecular complexity index is 948. The van der Waals surface area contributed by atoms with Crippen LogP contribution in [-0.4, -0.2) is 11.9 Å². The van der Waals surface area contributed by atoms with Gasteiger partial charge in [0.15, 0.2) is 0 Å². The second-order valence-corrected chi connectivity index (χ2v) is 5.73. The predicted molar refractivity (Wildman–Crippen MR) is 96.4 cm³/mol. The fourth-order valence-electron chi connectivity index (χ4n) is 2.48. The van der Waals surface area contributed by atoms with Crippen LogP contribution in [0, 0.1) is 6.92 Å². The van der Waals surface area contributed by atoms with Crippen LogP contribution in [0.5, 0.6) is 11.5 Å². The molecule has 5 heteroatoms. The van der Waals surface area contributed by atoms with E-state index in [2.05, 4.69) is 5.32 Å². The minimum absolute atomic E-state index is 0.0487. The first-order valence-corrected chi connectivity index (χ1v) is 7.99. The average Bonchev–Trinajstić information content (AvgIpc) is 2.63. The molecule has 0 aliphatic heterocycles. The Morgan fingerprint density at radius 3 is 2.19 bits per heavy atom. The van der Waals surface area contributed by atoms with Crippen molar-refractivity contribution in [2.45, 2.75) is 6.92 Å². The van der Waals surface area contributed by atoms with Gasteiger partial charge in [0.25, 0.3) is 5.91 Å². The molecular weight excluding hydrogens is 330 g/mol. The number of aromatic carboxylic acids is 1. The summed E-state index contributed by atoms with van der Waals surface area (Å²) in [5.41, 5.74) is 1.52. The molecule has 0 atom stereocenters. The zero-order valence-corrected chi connectivity index (χ0v) is 14.1. The molecule has 0 heterocycles. The molecule has 3 rings (SSSR count). The highest BCUT2D eigenvalue weighted by Gasteiger charge is 2.11. The van der Waals surface area contributed by atoms with Gasteiger partial charge in [-0.15, -0.1) is 0 Å². The van der Waals surface area contributed by atoms with Crippen molar-refractivity contribution in [3.8, 4) is 11.5 Å². The Kier molecular flexibility index (Phi) is 4.99. The third kappa shape index (κ3) is 4.08. The maximum Gasteiger partial charge on any atom is 0.256 e. The summed E-state index contributed by atoms with van der Waals surface area (Å²) in [4.78, 5) is 23.4. The van der Waals surface area contributed by atoms with Crippen LogP contribution < -0.4 is 15.2 Å². The predicted octanol–water partition coefficient (Wildman–Crippen LogP) is 3.40. The van der Waals surface area contributed by atoms with Gasteiger partial charge in [-0.1, -0.05) is 30.3 Å². The molecule has 1 amide bonds. The fourth-order valence-corrected chi connectivity index (χ4v) is 2.48. The number of rotatable bonds is 5. The van der Waals surface area contributed by atoms with E-state index in [1.54, 1.807) is 36.4 Å². The summed E-state index contributed by atoms with van der Waals surface area (Å²) in [5.74, 6) is -0.553. The van der Waals surface area contributed by atoms with E-state index >= 15 is 0 Å². The number of amides is 1. The van der Waals surface area contributed by atoms with Gasteiger partial charge in [-0.2, -0.15) is 0 Å². The number of carboxylic acids is 1. The summed E-state index contributed by atoms with van der Waals surface area (Å²) in [6, 6.07) is 20.4. The van der Waals surface area contributed by atoms with Crippen molar-refractivity contribution in [3.05, 3.63) is 89.5 Å². The molecule has 0 aliphatic carbocycles. The minimum atomic E-state index is -1.39. The quantitative estimate of drug-likeness (QED) is 0.768. The summed E-state index contributed by atoms with van der Waals surface area (Å²) in [7, 11) is 0. The minimum Gasteiger partial charge on any atom is -0.545 e. The summed E-state index contributed by atoms with van der Waals surface area (Å²) in [6.07, 6.45) is 0. The molecule has 0 aliphatic rings. The molecule has 0 saturated heterocycles. The van der Waals surface area contributed by atoms with Crippen molar-refractivity contribution >= 4 is 17.6 Å². The standard InChI is InChI=1S/C21H17NO4/c1-14-5-4-6-17(13-14)26-16-11-9-15(10-12-16)22-20(23)18-7-2-3-8-19(18)21(24)25/h2-13H,1H3,(H,22,23)(H,24,25)/p-1. The Hall–Kier alpha value is -3.60. The smallest absolute Gasteiger partial charge is 0.256 e. The monoisotopic (exact) mass is 346 g/mol. The van der Waals surface area contributed by atoms with Crippen LogP contribution in [0.1, 0.15) is 26.3 Å². The van der Waals surface area contributed by atoms with Crippen molar-refractivity contribution in [1.82, 2.24) is 0 Å². The van der Waals surface area contributed by atoms with E-state index in [4.69, 9.17) is 4.74 Å². The number of hydrogen-bond donors (Lipinski definition) is 1. The third-order valence-electron chi connectivity index (χ3n) is 3.73. The van der Waals surface area contributed by atoms with Crippen LogP contribution in [0.2, 0.25) is 0 Å². The molecule has 3 aromatic rings. The van der Waals surface area contributed by atoms with Gasteiger partial charge < -0.3 is 20.0 Å². The Balaban J connectivity index is 1.71. The van der Waals surface area contributed by atoms with Crippen LogP contribution in [-0.2, 0) is 0 Å². The summed E-state index contributed by atoms with van der Waals surface area (Å²) < 4.78 is 5.76. The molecule has 0 unspecified atom stereocenters. The Morgan fingerprint density at radius 1 is 0.846 bits per heavy atom. The summed E-state index contributed by atoms with van der Waals surface area (Å²) >= 11 is 0. The van der Waals surface area contributed by atoms with Crippen LogP contribution >= 0.6 is 0 Å². The van der Waals surface area contributed by atoms with Gasteiger partial charge in [0, 0.05) is 16.8 Å². The van der Waals surface area contributed by atoms with E-state index in [-0.39, 0.29) is 11.1 Å². The lowest BCUT2D eigenvalue weighted by Crippen LogP contribution is -2.26. The molecule has 130 valence electrons. The van der Waals surface area contributed by atoms with E-state index < -0.39 is 11.9 Å². The molecule has 0 spiro atoms. The molecule has 0 radical (unpaired) electrons. The normalized spacial score (nSPS) is 10.2. The topological polar surface area (TPSA) is 78.5 Å². The fraction of sp³-hybridized carbons (Fsp3) is 0.0476. The van der Waals surface area contributed by atoms with Crippen LogP contribution in [0.15, 0.2) is 72.8 Å². The molecule has 0 aromatic heterocycles. The van der Waals surface area contributed by atoms with Gasteiger partial charge in [0.1, 0.15) is 11.5 Å². The number of ether oxygens (including phenoxy) is 1. The number of carbonyl (C=O) groups is 2. The van der Waals surface area contributed by atoms with Gasteiger partial charge in [0.2, 0.25) is 0 Å². The number of anilines is 1. The SMILES string of the molecule is Cc1cccc(Oc2ccc(NC(=O)c3ccccc3C(=O)[O-])cc2)c1. The summed E-state index contributed by atoms with van der Waals surface area (Å²) in [6.45, 7) is 1.98. The van der Waals surface area contributed by atoms with E-state index in [1.807, 2.05) is 31.2 Å². The number of benzene rings is 3. The highest BCUT2D eigenvalue weighted by molar-refractivity contribution is 6.10. The second-order valence-electron chi connectivity index (χ2n) is 5.73. The third-order valence-corrected chi connectivity index (χ3v) is 3.73. The van der Waals surface area contributed by atoms with Crippen LogP contribution in [0.3, 0.4) is 0 Å². The van der Waals surface area contributed by atoms with E-state index in [0.717, 1.165) is 11.3 Å². The maximum atomic E-state index is 12.3. The largest absolute Gasteiger partial charge is 0.545 e. The first kappa shape index (κ1) is 17.2. The molecular formula is C21H16NO4-. The van der Waals surface area contributed by atoms with E-state index in [1.165, 1.54) is 12.1 Å². The molecule has 5 nitrogen and oxygen atoms in total. The molecule has 0 fully saturated rings. The van der Waals surface area contributed by atoms with Crippen molar-refractivity contribution < 1.29 is 19.4 Å². The van der Waals surface area contributed by atoms with Crippen molar-refractivity contribution in [3.63, 3.8) is 0 Å². The lowest BCUT2D eigenvalue weighted by molar-refractivity contribution is -0.255. The summed E-state index contributed by atoms with van der Waals surface area (Å²) in [5, 5.41) is 13.8. The van der Waals surface area contributed by atoms with Gasteiger partial charge in [-0.25, -0.2) is 0 Å². The molecule has 26 heavy (non-hydrogen) atoms. The van der Waals surface area contributed by atoms with E-state index in [9.17, 15) is 14.7 Å². The Morgan fingerprint density at radius 2 is 1.54 bits per heavy atom. The van der Waals surface area contributed by atoms with E-state index in [0.29, 0.717) is 11.4 Å². The highest BCUT2D eigenvalue weighted by atomic mass is 16.5. The second kappa shape index (κ2) is 7.53. The molecule has 3 aromatic carbocycles. The first-order valence-electron chi connectivity index (χ1n) is 7.99. The highest BCUT2D eigenvalue weighted by Crippen LogP contribution is 2.24. The average molecular weight is 346 g/mol. The van der Waals surface area contributed by atoms with Crippen LogP contribution in [0.25, 0.3) is 0 Å². The van der Waals surface area contributed by atoms with Gasteiger partial charge in [-0.3, -0.25) is 4.79 Å². The van der Waals surface area contributed by atoms with Crippen molar-refractivity contribution in [2.75, 3.05) is 5.32 Å². The molecule has 0 saturated carbocycles. The number of carbonyl (C=O) groups excluding carboxylic acids is 2. The number of carboxylic acid groups (broad SMARTS) is 1. The number of nitrogens with one attached hydrogen (secondary N) is 1. The Labute approximate surface area is 150 Å². The van der Waals surface area contributed by atoms with Gasteiger partial charge in [0.05, 0.1) is 5.97 Å². The number of hydrogen-bond acceptors (Lipinski definition) is 4. The maximum absolute atomic E-state index is 12.3. The number of aryl methyl sites for hydroxylation is 1. The zero-order valence-electron chi connectivity index (χ0n) is 14.1. The van der Waals surface area contributed by atoms with Crippen molar-refractivity contribution in [2.24, 2.45) is 0 Å². The van der Waals surface area contributed by atoms with Gasteiger partial charge >= 0.3 is 0 Å². The van der Waals surface area contributed by atoms with Crippen molar-refractivity contribution in [1.29, 1.82) is 0 Å². The first-order chi connectivity index (χ1) is 12.5. The van der Waals surface area contributed by atoms with Crippen LogP contribution in [0.4, 0.5) is 5.69 Å². The lowest BCUT2D eigenvalue weighted by atomic mass is 10.1. The molecule has 0 bridgehead atoms. The molecule has 1 N–H and O–H groups in total. The van der Waals surface area contributed by atoms with Gasteiger partial charge in [-0.05, 0) is 55.0 Å². The zero-order chi connectivity index (χ0) is 18.5.